The first-order valence-electron chi connectivity index (χ1n) is 5.85. The summed E-state index contributed by atoms with van der Waals surface area (Å²) in [4.78, 5) is 0. The number of para-hydroxylation sites is 1. The molecule has 0 bridgehead atoms. The van der Waals surface area contributed by atoms with Crippen molar-refractivity contribution < 1.29 is 4.39 Å². The lowest BCUT2D eigenvalue weighted by molar-refractivity contribution is 0.237. The van der Waals surface area contributed by atoms with Crippen LogP contribution in [0.2, 0.25) is 0 Å². The zero-order valence-corrected chi connectivity index (χ0v) is 10.7. The van der Waals surface area contributed by atoms with E-state index >= 15 is 0 Å². The number of hydrogen-bond acceptors (Lipinski definition) is 2. The first-order valence-corrected chi connectivity index (χ1v) is 5.85. The molecular weight excluding hydrogens is 215 g/mol. The fraction of sp³-hybridized carbons (Fsp3) is 0.429. The van der Waals surface area contributed by atoms with Crippen LogP contribution in [-0.2, 0) is 5.41 Å². The van der Waals surface area contributed by atoms with Gasteiger partial charge in [0.25, 0.3) is 0 Å². The summed E-state index contributed by atoms with van der Waals surface area (Å²) in [7, 11) is 0. The lowest BCUT2D eigenvalue weighted by Gasteiger charge is -2.29. The number of nitrogens with two attached hydrogens (primary N) is 1. The largest absolute Gasteiger partial charge is 0.362 e. The van der Waals surface area contributed by atoms with Crippen molar-refractivity contribution >= 4 is 5.69 Å². The van der Waals surface area contributed by atoms with Gasteiger partial charge in [-0.1, -0.05) is 38.1 Å². The Morgan fingerprint density at radius 1 is 1.41 bits per heavy atom. The lowest BCUT2D eigenvalue weighted by Crippen LogP contribution is -2.28. The molecule has 1 rings (SSSR count). The first kappa shape index (κ1) is 13.7. The zero-order valence-electron chi connectivity index (χ0n) is 10.7. The number of alkyl halides is 1. The van der Waals surface area contributed by atoms with E-state index in [1.165, 1.54) is 0 Å². The fourth-order valence-corrected chi connectivity index (χ4v) is 1.60. The molecule has 0 aromatic heterocycles. The van der Waals surface area contributed by atoms with Crippen LogP contribution in [-0.4, -0.2) is 12.7 Å². The minimum absolute atomic E-state index is 0.484. The fourth-order valence-electron chi connectivity index (χ4n) is 1.60. The van der Waals surface area contributed by atoms with E-state index in [1.807, 2.05) is 44.2 Å². The Balaban J connectivity index is 3.03. The molecule has 0 fully saturated rings. The van der Waals surface area contributed by atoms with Crippen molar-refractivity contribution in [3.05, 3.63) is 42.1 Å². The van der Waals surface area contributed by atoms with Gasteiger partial charge >= 0.3 is 0 Å². The summed E-state index contributed by atoms with van der Waals surface area (Å²) >= 11 is 0. The van der Waals surface area contributed by atoms with Crippen molar-refractivity contribution in [2.24, 2.45) is 5.73 Å². The van der Waals surface area contributed by atoms with Crippen molar-refractivity contribution in [3.8, 4) is 0 Å². The summed E-state index contributed by atoms with van der Waals surface area (Å²) in [6.45, 7) is 5.89. The molecule has 0 aliphatic carbocycles. The van der Waals surface area contributed by atoms with Crippen molar-refractivity contribution in [1.82, 2.24) is 0 Å². The van der Waals surface area contributed by atoms with Gasteiger partial charge in [0.15, 0.2) is 0 Å². The number of halogens is 1. The van der Waals surface area contributed by atoms with Gasteiger partial charge in [-0.25, -0.2) is 4.39 Å². The van der Waals surface area contributed by atoms with E-state index in [-0.39, 0.29) is 0 Å². The average molecular weight is 236 g/mol. The molecule has 0 aliphatic heterocycles. The SMILES string of the molecule is C[C@@H](F)C(C)(C)c1ccccc1N/C=C\CN. The molecule has 1 aromatic carbocycles. The van der Waals surface area contributed by atoms with E-state index in [0.717, 1.165) is 11.3 Å². The summed E-state index contributed by atoms with van der Waals surface area (Å²) in [6, 6.07) is 7.76. The highest BCUT2D eigenvalue weighted by Gasteiger charge is 2.29. The second kappa shape index (κ2) is 5.82. The van der Waals surface area contributed by atoms with E-state index in [4.69, 9.17) is 5.73 Å². The van der Waals surface area contributed by atoms with E-state index in [0.29, 0.717) is 6.54 Å². The molecule has 94 valence electrons. The molecule has 0 radical (unpaired) electrons. The highest BCUT2D eigenvalue weighted by molar-refractivity contribution is 5.56. The van der Waals surface area contributed by atoms with Gasteiger partial charge in [-0.05, 0) is 24.8 Å². The minimum Gasteiger partial charge on any atom is -0.362 e. The summed E-state index contributed by atoms with van der Waals surface area (Å²) in [5, 5.41) is 3.15. The van der Waals surface area contributed by atoms with Crippen LogP contribution in [0.15, 0.2) is 36.5 Å². The predicted molar refractivity (Wildman–Crippen MR) is 71.9 cm³/mol. The van der Waals surface area contributed by atoms with Gasteiger partial charge in [0, 0.05) is 17.6 Å². The maximum Gasteiger partial charge on any atom is 0.106 e. The van der Waals surface area contributed by atoms with Crippen LogP contribution in [0.4, 0.5) is 10.1 Å². The van der Waals surface area contributed by atoms with Gasteiger partial charge < -0.3 is 11.1 Å². The maximum absolute atomic E-state index is 13.7. The van der Waals surface area contributed by atoms with E-state index < -0.39 is 11.6 Å². The van der Waals surface area contributed by atoms with Gasteiger partial charge in [-0.15, -0.1) is 0 Å². The quantitative estimate of drug-likeness (QED) is 0.824. The third kappa shape index (κ3) is 3.30. The van der Waals surface area contributed by atoms with Gasteiger partial charge in [0.2, 0.25) is 0 Å². The summed E-state index contributed by atoms with van der Waals surface area (Å²) in [5.41, 5.74) is 6.76. The minimum atomic E-state index is -0.913. The molecule has 0 aliphatic rings. The first-order chi connectivity index (χ1) is 8.00. The summed E-state index contributed by atoms with van der Waals surface area (Å²) < 4.78 is 13.7. The van der Waals surface area contributed by atoms with E-state index in [9.17, 15) is 4.39 Å². The molecule has 0 saturated heterocycles. The summed E-state index contributed by atoms with van der Waals surface area (Å²) in [6.07, 6.45) is 2.70. The Morgan fingerprint density at radius 2 is 2.06 bits per heavy atom. The molecule has 0 spiro atoms. The van der Waals surface area contributed by atoms with Crippen LogP contribution in [0.1, 0.15) is 26.3 Å². The number of anilines is 1. The van der Waals surface area contributed by atoms with Crippen LogP contribution in [0, 0.1) is 0 Å². The molecule has 0 saturated carbocycles. The molecule has 3 heteroatoms. The van der Waals surface area contributed by atoms with Gasteiger partial charge in [-0.2, -0.15) is 0 Å². The van der Waals surface area contributed by atoms with Gasteiger partial charge in [-0.3, -0.25) is 0 Å². The molecule has 3 N–H and O–H groups in total. The van der Waals surface area contributed by atoms with Crippen molar-refractivity contribution in [1.29, 1.82) is 0 Å². The standard InChI is InChI=1S/C14H21FN2/c1-11(15)14(2,3)12-7-4-5-8-13(12)17-10-6-9-16/h4-8,10-11,17H,9,16H2,1-3H3/b10-6-/t11-/m1/s1. The monoisotopic (exact) mass is 236 g/mol. The average Bonchev–Trinajstić information content (AvgIpc) is 2.29. The summed E-state index contributed by atoms with van der Waals surface area (Å²) in [5.74, 6) is 0. The van der Waals surface area contributed by atoms with E-state index in [2.05, 4.69) is 5.32 Å². The number of nitrogens with one attached hydrogen (secondary N) is 1. The topological polar surface area (TPSA) is 38.0 Å². The number of benzene rings is 1. The number of rotatable bonds is 5. The molecule has 2 nitrogen and oxygen atoms in total. The third-order valence-corrected chi connectivity index (χ3v) is 3.11. The molecule has 0 unspecified atom stereocenters. The van der Waals surface area contributed by atoms with Crippen molar-refractivity contribution in [3.63, 3.8) is 0 Å². The lowest BCUT2D eigenvalue weighted by atomic mass is 9.80. The smallest absolute Gasteiger partial charge is 0.106 e. The van der Waals surface area contributed by atoms with Crippen LogP contribution >= 0.6 is 0 Å². The third-order valence-electron chi connectivity index (χ3n) is 3.11. The molecule has 0 amide bonds. The maximum atomic E-state index is 13.7. The normalized spacial score (nSPS) is 13.9. The Labute approximate surface area is 103 Å². The Morgan fingerprint density at radius 3 is 2.65 bits per heavy atom. The molecule has 1 aromatic rings. The van der Waals surface area contributed by atoms with E-state index in [1.54, 1.807) is 13.1 Å². The zero-order chi connectivity index (χ0) is 12.9. The van der Waals surface area contributed by atoms with Gasteiger partial charge in [0.1, 0.15) is 6.17 Å². The molecule has 0 heterocycles. The molecule has 1 atom stereocenters. The highest BCUT2D eigenvalue weighted by atomic mass is 19.1. The predicted octanol–water partition coefficient (Wildman–Crippen LogP) is 3.21. The van der Waals surface area contributed by atoms with Crippen molar-refractivity contribution in [2.75, 3.05) is 11.9 Å². The van der Waals surface area contributed by atoms with Crippen LogP contribution in [0.25, 0.3) is 0 Å². The number of hydrogen-bond donors (Lipinski definition) is 2. The Kier molecular flexibility index (Phi) is 4.70. The van der Waals surface area contributed by atoms with Crippen LogP contribution < -0.4 is 11.1 Å². The van der Waals surface area contributed by atoms with Crippen LogP contribution in [0.5, 0.6) is 0 Å². The van der Waals surface area contributed by atoms with Crippen LogP contribution in [0.3, 0.4) is 0 Å². The highest BCUT2D eigenvalue weighted by Crippen LogP contribution is 2.34. The van der Waals surface area contributed by atoms with Gasteiger partial charge in [0.05, 0.1) is 0 Å². The second-order valence-corrected chi connectivity index (χ2v) is 4.67. The molecular formula is C14H21FN2. The Bertz CT molecular complexity index is 384. The molecule has 17 heavy (non-hydrogen) atoms. The second-order valence-electron chi connectivity index (χ2n) is 4.67. The Hall–Kier alpha value is -1.35. The van der Waals surface area contributed by atoms with Crippen molar-refractivity contribution in [2.45, 2.75) is 32.4 Å².